The molecule has 0 saturated carbocycles. The van der Waals surface area contributed by atoms with E-state index in [2.05, 4.69) is 16.0 Å². The van der Waals surface area contributed by atoms with Crippen molar-refractivity contribution in [1.82, 2.24) is 16.0 Å². The lowest BCUT2D eigenvalue weighted by Gasteiger charge is -2.33. The number of methoxy groups -OCH3 is 1. The van der Waals surface area contributed by atoms with Gasteiger partial charge in [0.05, 0.1) is 13.7 Å². The molecule has 35 heavy (non-hydrogen) atoms. The highest BCUT2D eigenvalue weighted by Crippen LogP contribution is 2.35. The predicted octanol–water partition coefficient (Wildman–Crippen LogP) is 0.894. The lowest BCUT2D eigenvalue weighted by Crippen LogP contribution is -2.49. The summed E-state index contributed by atoms with van der Waals surface area (Å²) >= 11 is 0.913. The molecule has 0 unspecified atom stereocenters. The summed E-state index contributed by atoms with van der Waals surface area (Å²) in [5.41, 5.74) is -0.456. The molecule has 0 radical (unpaired) electrons. The zero-order valence-corrected chi connectivity index (χ0v) is 22.3. The molecule has 1 aliphatic rings. The van der Waals surface area contributed by atoms with Crippen molar-refractivity contribution < 1.29 is 38.2 Å². The molecule has 3 N–H and O–H groups in total. The molecule has 1 heterocycles. The van der Waals surface area contributed by atoms with Gasteiger partial charge in [0.15, 0.2) is 10.9 Å². The summed E-state index contributed by atoms with van der Waals surface area (Å²) in [6, 6.07) is -1.01. The minimum absolute atomic E-state index is 0.0168. The Labute approximate surface area is 211 Å². The fourth-order valence-corrected chi connectivity index (χ4v) is 4.15. The Balaban J connectivity index is 2.50. The molecule has 2 atom stereocenters. The van der Waals surface area contributed by atoms with Crippen LogP contribution in [0.2, 0.25) is 0 Å². The summed E-state index contributed by atoms with van der Waals surface area (Å²) in [7, 11) is 1.20. The third kappa shape index (κ3) is 11.9. The number of carbonyl (C=O) groups is 5. The second-order valence-corrected chi connectivity index (χ2v) is 10.5. The van der Waals surface area contributed by atoms with Gasteiger partial charge in [0.1, 0.15) is 12.1 Å². The van der Waals surface area contributed by atoms with Crippen LogP contribution in [-0.4, -0.2) is 79.3 Å². The van der Waals surface area contributed by atoms with Gasteiger partial charge in [0.25, 0.3) is 0 Å². The van der Waals surface area contributed by atoms with E-state index in [4.69, 9.17) is 14.2 Å². The molecule has 0 aromatic rings. The number of hydrogen-bond acceptors (Lipinski definition) is 9. The van der Waals surface area contributed by atoms with Gasteiger partial charge in [-0.05, 0) is 26.7 Å². The Bertz CT molecular complexity index is 772. The van der Waals surface area contributed by atoms with Crippen LogP contribution >= 0.6 is 11.8 Å². The Kier molecular flexibility index (Phi) is 12.7. The van der Waals surface area contributed by atoms with Crippen LogP contribution in [0.15, 0.2) is 0 Å². The van der Waals surface area contributed by atoms with E-state index in [0.717, 1.165) is 11.8 Å². The van der Waals surface area contributed by atoms with Crippen LogP contribution in [-0.2, 0) is 38.2 Å². The van der Waals surface area contributed by atoms with Crippen LogP contribution in [0.1, 0.15) is 60.3 Å². The fraction of sp³-hybridized carbons (Fsp3) is 0.783. The molecule has 0 aliphatic carbocycles. The van der Waals surface area contributed by atoms with Crippen LogP contribution in [0.3, 0.4) is 0 Å². The van der Waals surface area contributed by atoms with Gasteiger partial charge in [0, 0.05) is 44.0 Å². The minimum Gasteiger partial charge on any atom is -0.467 e. The highest BCUT2D eigenvalue weighted by molar-refractivity contribution is 8.13. The van der Waals surface area contributed by atoms with Gasteiger partial charge in [-0.25, -0.2) is 4.79 Å². The van der Waals surface area contributed by atoms with Gasteiger partial charge in [-0.3, -0.25) is 19.2 Å². The Hall–Kier alpha value is -2.18. The van der Waals surface area contributed by atoms with Crippen molar-refractivity contribution in [2.75, 3.05) is 32.6 Å². The molecule has 12 heteroatoms. The van der Waals surface area contributed by atoms with Crippen LogP contribution in [0.5, 0.6) is 0 Å². The number of ether oxygens (including phenoxy) is 3. The molecule has 1 aliphatic heterocycles. The first-order chi connectivity index (χ1) is 16.3. The molecule has 0 bridgehead atoms. The van der Waals surface area contributed by atoms with Crippen LogP contribution in [0, 0.1) is 5.41 Å². The second-order valence-electron chi connectivity index (χ2n) is 9.44. The number of esters is 1. The third-order valence-electron chi connectivity index (χ3n) is 5.36. The van der Waals surface area contributed by atoms with Crippen molar-refractivity contribution in [3.8, 4) is 0 Å². The smallest absolute Gasteiger partial charge is 0.329 e. The molecule has 3 amide bonds. The molecule has 11 nitrogen and oxygen atoms in total. The molecular formula is C23H39N3O8S. The number of rotatable bonds is 12. The van der Waals surface area contributed by atoms with E-state index in [9.17, 15) is 24.0 Å². The summed E-state index contributed by atoms with van der Waals surface area (Å²) in [5, 5.41) is 7.71. The largest absolute Gasteiger partial charge is 0.467 e. The Morgan fingerprint density at radius 1 is 1.06 bits per heavy atom. The van der Waals surface area contributed by atoms with E-state index in [1.165, 1.54) is 14.0 Å². The molecule has 1 rings (SSSR count). The molecule has 0 aromatic carbocycles. The van der Waals surface area contributed by atoms with Crippen LogP contribution < -0.4 is 16.0 Å². The summed E-state index contributed by atoms with van der Waals surface area (Å²) in [6.45, 7) is 9.65. The summed E-state index contributed by atoms with van der Waals surface area (Å²) in [6.07, 6.45) is 0.519. The average molecular weight is 518 g/mol. The van der Waals surface area contributed by atoms with Gasteiger partial charge in [-0.2, -0.15) is 0 Å². The second kappa shape index (κ2) is 14.4. The lowest BCUT2D eigenvalue weighted by atomic mass is 9.83. The van der Waals surface area contributed by atoms with Crippen LogP contribution in [0.25, 0.3) is 0 Å². The first-order valence-electron chi connectivity index (χ1n) is 11.6. The van der Waals surface area contributed by atoms with Crippen molar-refractivity contribution >= 4 is 40.6 Å². The number of thioether (sulfide) groups is 1. The van der Waals surface area contributed by atoms with Crippen molar-refractivity contribution in [2.45, 2.75) is 78.2 Å². The fourth-order valence-electron chi connectivity index (χ4n) is 3.29. The molecule has 1 fully saturated rings. The zero-order chi connectivity index (χ0) is 26.6. The van der Waals surface area contributed by atoms with E-state index in [-0.39, 0.29) is 42.1 Å². The lowest BCUT2D eigenvalue weighted by molar-refractivity contribution is -0.229. The first kappa shape index (κ1) is 30.9. The zero-order valence-electron chi connectivity index (χ0n) is 21.5. The first-order valence-corrected chi connectivity index (χ1v) is 12.6. The predicted molar refractivity (Wildman–Crippen MR) is 130 cm³/mol. The summed E-state index contributed by atoms with van der Waals surface area (Å²) in [4.78, 5) is 60.1. The van der Waals surface area contributed by atoms with E-state index in [1.54, 1.807) is 13.8 Å². The normalized spacial score (nSPS) is 19.5. The maximum Gasteiger partial charge on any atom is 0.329 e. The van der Waals surface area contributed by atoms with E-state index < -0.39 is 35.2 Å². The van der Waals surface area contributed by atoms with Gasteiger partial charge < -0.3 is 30.2 Å². The average Bonchev–Trinajstić information content (AvgIpc) is 2.87. The molecule has 0 aromatic heterocycles. The quantitative estimate of drug-likeness (QED) is 0.253. The van der Waals surface area contributed by atoms with Gasteiger partial charge in [-0.15, -0.1) is 0 Å². The third-order valence-corrected chi connectivity index (χ3v) is 6.39. The monoisotopic (exact) mass is 517 g/mol. The molecule has 200 valence electrons. The maximum atomic E-state index is 12.8. The van der Waals surface area contributed by atoms with Gasteiger partial charge in [0.2, 0.25) is 17.7 Å². The van der Waals surface area contributed by atoms with Crippen molar-refractivity contribution in [1.29, 1.82) is 0 Å². The maximum absolute atomic E-state index is 12.8. The SMILES string of the molecule is COC(=O)[C@H](CSC(=O)CCCNC(C)=O)NC(=O)CCNC(=O)[C@@H]1OC(C)(C)OCCC1(C)C. The number of amides is 3. The van der Waals surface area contributed by atoms with E-state index >= 15 is 0 Å². The summed E-state index contributed by atoms with van der Waals surface area (Å²) in [5.74, 6) is -2.53. The standard InChI is InChI=1S/C23H39N3O8S/c1-15(27)24-11-7-8-18(29)35-14-16(21(31)32-6)26-17(28)9-12-25-20(30)19-22(2,3)10-13-33-23(4,5)34-19/h16,19H,7-14H2,1-6H3,(H,24,27)(H,25,30)(H,26,28)/t16-,19-/m0/s1. The Morgan fingerprint density at radius 2 is 1.74 bits per heavy atom. The summed E-state index contributed by atoms with van der Waals surface area (Å²) < 4.78 is 16.3. The van der Waals surface area contributed by atoms with Crippen molar-refractivity contribution in [2.24, 2.45) is 5.41 Å². The molecule has 1 saturated heterocycles. The highest BCUT2D eigenvalue weighted by atomic mass is 32.2. The molecule has 0 spiro atoms. The highest BCUT2D eigenvalue weighted by Gasteiger charge is 2.42. The van der Waals surface area contributed by atoms with Crippen molar-refractivity contribution in [3.05, 3.63) is 0 Å². The topological polar surface area (TPSA) is 149 Å². The van der Waals surface area contributed by atoms with Crippen molar-refractivity contribution in [3.63, 3.8) is 0 Å². The number of nitrogens with one attached hydrogen (secondary N) is 3. The van der Waals surface area contributed by atoms with Gasteiger partial charge >= 0.3 is 5.97 Å². The van der Waals surface area contributed by atoms with E-state index in [1.807, 2.05) is 13.8 Å². The number of hydrogen-bond donors (Lipinski definition) is 3. The minimum atomic E-state index is -1.01. The Morgan fingerprint density at radius 3 is 2.37 bits per heavy atom. The molecular weight excluding hydrogens is 478 g/mol. The van der Waals surface area contributed by atoms with Crippen LogP contribution in [0.4, 0.5) is 0 Å². The van der Waals surface area contributed by atoms with E-state index in [0.29, 0.717) is 26.0 Å². The van der Waals surface area contributed by atoms with Gasteiger partial charge in [-0.1, -0.05) is 25.6 Å². The number of carbonyl (C=O) groups excluding carboxylic acids is 5.